The Bertz CT molecular complexity index is 370. The van der Waals surface area contributed by atoms with Gasteiger partial charge in [0.2, 0.25) is 0 Å². The van der Waals surface area contributed by atoms with Crippen molar-refractivity contribution >= 4 is 28.3 Å². The third-order valence-electron chi connectivity index (χ3n) is 3.61. The number of aryl methyl sites for hydroxylation is 1. The number of rotatable bonds is 3. The summed E-state index contributed by atoms with van der Waals surface area (Å²) >= 11 is 2.36. The Morgan fingerprint density at radius 3 is 2.71 bits per heavy atom. The van der Waals surface area contributed by atoms with Crippen molar-refractivity contribution in [3.63, 3.8) is 0 Å². The van der Waals surface area contributed by atoms with E-state index in [9.17, 15) is 0 Å². The van der Waals surface area contributed by atoms with Crippen molar-refractivity contribution in [2.45, 2.75) is 19.8 Å². The van der Waals surface area contributed by atoms with E-state index in [0.717, 1.165) is 12.5 Å². The molecule has 2 nitrogen and oxygen atoms in total. The second-order valence-corrected chi connectivity index (χ2v) is 6.33. The molecule has 1 aliphatic rings. The maximum atomic E-state index is 3.60. The highest BCUT2D eigenvalue weighted by atomic mass is 127. The fraction of sp³-hybridized carbons (Fsp3) is 0.571. The maximum Gasteiger partial charge on any atom is 0.0370 e. The standard InChI is InChI=1S/C14H21IN2/c1-11-9-13(15)3-4-14(11)16-10-12-5-7-17(2)8-6-12/h3-4,9,12,16H,5-8,10H2,1-2H3. The zero-order valence-electron chi connectivity index (χ0n) is 10.7. The first-order chi connectivity index (χ1) is 8.15. The van der Waals surface area contributed by atoms with Crippen molar-refractivity contribution in [1.82, 2.24) is 4.90 Å². The molecule has 3 heteroatoms. The van der Waals surface area contributed by atoms with Crippen LogP contribution >= 0.6 is 22.6 Å². The van der Waals surface area contributed by atoms with Crippen molar-refractivity contribution in [3.8, 4) is 0 Å². The van der Waals surface area contributed by atoms with Crippen LogP contribution in [0.1, 0.15) is 18.4 Å². The van der Waals surface area contributed by atoms with Crippen molar-refractivity contribution in [3.05, 3.63) is 27.3 Å². The topological polar surface area (TPSA) is 15.3 Å². The predicted molar refractivity (Wildman–Crippen MR) is 82.6 cm³/mol. The average molecular weight is 344 g/mol. The molecule has 17 heavy (non-hydrogen) atoms. The van der Waals surface area contributed by atoms with Crippen molar-refractivity contribution in [2.24, 2.45) is 5.92 Å². The molecule has 0 spiro atoms. The lowest BCUT2D eigenvalue weighted by Gasteiger charge is -2.29. The van der Waals surface area contributed by atoms with E-state index >= 15 is 0 Å². The largest absolute Gasteiger partial charge is 0.385 e. The molecule has 94 valence electrons. The summed E-state index contributed by atoms with van der Waals surface area (Å²) in [5, 5.41) is 3.60. The molecule has 1 N–H and O–H groups in total. The van der Waals surface area contributed by atoms with Gasteiger partial charge in [-0.1, -0.05) is 0 Å². The molecule has 0 saturated carbocycles. The number of nitrogens with one attached hydrogen (secondary N) is 1. The lowest BCUT2D eigenvalue weighted by atomic mass is 9.97. The molecular formula is C14H21IN2. The van der Waals surface area contributed by atoms with Crippen molar-refractivity contribution in [1.29, 1.82) is 0 Å². The average Bonchev–Trinajstić information content (AvgIpc) is 2.30. The van der Waals surface area contributed by atoms with Crippen molar-refractivity contribution < 1.29 is 0 Å². The molecule has 1 heterocycles. The van der Waals surface area contributed by atoms with Gasteiger partial charge < -0.3 is 10.2 Å². The molecule has 0 bridgehead atoms. The van der Waals surface area contributed by atoms with Crippen LogP contribution in [-0.4, -0.2) is 31.6 Å². The Kier molecular flexibility index (Phi) is 4.68. The Morgan fingerprint density at radius 1 is 1.35 bits per heavy atom. The van der Waals surface area contributed by atoms with Gasteiger partial charge in [0.05, 0.1) is 0 Å². The minimum atomic E-state index is 0.838. The highest BCUT2D eigenvalue weighted by molar-refractivity contribution is 14.1. The smallest absolute Gasteiger partial charge is 0.0370 e. The Morgan fingerprint density at radius 2 is 2.06 bits per heavy atom. The molecular weight excluding hydrogens is 323 g/mol. The van der Waals surface area contributed by atoms with E-state index in [1.807, 2.05) is 0 Å². The van der Waals surface area contributed by atoms with Crippen LogP contribution in [0.2, 0.25) is 0 Å². The molecule has 1 aromatic rings. The van der Waals surface area contributed by atoms with E-state index in [4.69, 9.17) is 0 Å². The second-order valence-electron chi connectivity index (χ2n) is 5.09. The van der Waals surface area contributed by atoms with E-state index in [0.29, 0.717) is 0 Å². The molecule has 0 amide bonds. The molecule has 1 saturated heterocycles. The normalized spacial score (nSPS) is 18.3. The van der Waals surface area contributed by atoms with Gasteiger partial charge in [0.15, 0.2) is 0 Å². The summed E-state index contributed by atoms with van der Waals surface area (Å²) in [6.07, 6.45) is 2.65. The Labute approximate surface area is 118 Å². The summed E-state index contributed by atoms with van der Waals surface area (Å²) < 4.78 is 1.31. The number of piperidine rings is 1. The van der Waals surface area contributed by atoms with E-state index in [-0.39, 0.29) is 0 Å². The minimum absolute atomic E-state index is 0.838. The van der Waals surface area contributed by atoms with Gasteiger partial charge in [-0.2, -0.15) is 0 Å². The molecule has 0 atom stereocenters. The van der Waals surface area contributed by atoms with E-state index in [2.05, 4.69) is 65.0 Å². The van der Waals surface area contributed by atoms with Crippen LogP contribution < -0.4 is 5.32 Å². The van der Waals surface area contributed by atoms with Gasteiger partial charge in [-0.15, -0.1) is 0 Å². The highest BCUT2D eigenvalue weighted by Gasteiger charge is 2.16. The number of hydrogen-bond donors (Lipinski definition) is 1. The third-order valence-corrected chi connectivity index (χ3v) is 4.28. The predicted octanol–water partition coefficient (Wildman–Crippen LogP) is 3.35. The lowest BCUT2D eigenvalue weighted by Crippen LogP contribution is -2.33. The van der Waals surface area contributed by atoms with Crippen LogP contribution in [0, 0.1) is 16.4 Å². The summed E-state index contributed by atoms with van der Waals surface area (Å²) in [5.74, 6) is 0.838. The molecule has 1 aromatic carbocycles. The van der Waals surface area contributed by atoms with Crippen LogP contribution in [-0.2, 0) is 0 Å². The van der Waals surface area contributed by atoms with Gasteiger partial charge in [-0.25, -0.2) is 0 Å². The molecule has 2 rings (SSSR count). The first-order valence-electron chi connectivity index (χ1n) is 6.33. The zero-order valence-corrected chi connectivity index (χ0v) is 12.8. The van der Waals surface area contributed by atoms with Gasteiger partial charge in [0, 0.05) is 15.8 Å². The second kappa shape index (κ2) is 6.05. The molecule has 0 aliphatic carbocycles. The number of likely N-dealkylation sites (tertiary alicyclic amines) is 1. The first kappa shape index (κ1) is 13.1. The molecule has 0 aromatic heterocycles. The number of halogens is 1. The Hall–Kier alpha value is -0.290. The van der Waals surface area contributed by atoms with E-state index in [1.165, 1.54) is 40.8 Å². The van der Waals surface area contributed by atoms with Crippen LogP contribution in [0.4, 0.5) is 5.69 Å². The lowest BCUT2D eigenvalue weighted by molar-refractivity contribution is 0.226. The number of hydrogen-bond acceptors (Lipinski definition) is 2. The van der Waals surface area contributed by atoms with Crippen molar-refractivity contribution in [2.75, 3.05) is 32.0 Å². The SMILES string of the molecule is Cc1cc(I)ccc1NCC1CCN(C)CC1. The van der Waals surface area contributed by atoms with Gasteiger partial charge in [-0.05, 0) is 92.2 Å². The third kappa shape index (κ3) is 3.85. The molecule has 1 fully saturated rings. The summed E-state index contributed by atoms with van der Waals surface area (Å²) in [4.78, 5) is 2.42. The summed E-state index contributed by atoms with van der Waals surface area (Å²) in [5.41, 5.74) is 2.65. The summed E-state index contributed by atoms with van der Waals surface area (Å²) in [6.45, 7) is 5.80. The summed E-state index contributed by atoms with van der Waals surface area (Å²) in [6, 6.07) is 6.61. The number of benzene rings is 1. The van der Waals surface area contributed by atoms with Gasteiger partial charge >= 0.3 is 0 Å². The van der Waals surface area contributed by atoms with E-state index in [1.54, 1.807) is 0 Å². The fourth-order valence-corrected chi connectivity index (χ4v) is 2.99. The highest BCUT2D eigenvalue weighted by Crippen LogP contribution is 2.20. The molecule has 0 radical (unpaired) electrons. The first-order valence-corrected chi connectivity index (χ1v) is 7.41. The number of anilines is 1. The van der Waals surface area contributed by atoms with Crippen LogP contribution in [0.15, 0.2) is 18.2 Å². The van der Waals surface area contributed by atoms with Gasteiger partial charge in [-0.3, -0.25) is 0 Å². The summed E-state index contributed by atoms with van der Waals surface area (Å²) in [7, 11) is 2.22. The molecule has 1 aliphatic heterocycles. The Balaban J connectivity index is 1.85. The van der Waals surface area contributed by atoms with E-state index < -0.39 is 0 Å². The zero-order chi connectivity index (χ0) is 12.3. The quantitative estimate of drug-likeness (QED) is 0.846. The van der Waals surface area contributed by atoms with Crippen LogP contribution in [0.3, 0.4) is 0 Å². The van der Waals surface area contributed by atoms with Gasteiger partial charge in [0.25, 0.3) is 0 Å². The monoisotopic (exact) mass is 344 g/mol. The number of nitrogens with zero attached hydrogens (tertiary/aromatic N) is 1. The van der Waals surface area contributed by atoms with Gasteiger partial charge in [0.1, 0.15) is 0 Å². The molecule has 0 unspecified atom stereocenters. The van der Waals surface area contributed by atoms with Crippen LogP contribution in [0.25, 0.3) is 0 Å². The minimum Gasteiger partial charge on any atom is -0.385 e. The fourth-order valence-electron chi connectivity index (χ4n) is 2.35. The maximum absolute atomic E-state index is 3.60. The van der Waals surface area contributed by atoms with Crippen LogP contribution in [0.5, 0.6) is 0 Å².